The van der Waals surface area contributed by atoms with Crippen LogP contribution >= 0.6 is 15.9 Å². The highest BCUT2D eigenvalue weighted by atomic mass is 79.9. The maximum absolute atomic E-state index is 11.9. The van der Waals surface area contributed by atoms with Crippen molar-refractivity contribution in [2.45, 2.75) is 19.1 Å². The van der Waals surface area contributed by atoms with Gasteiger partial charge < -0.3 is 19.9 Å². The second-order valence-electron chi connectivity index (χ2n) is 4.05. The van der Waals surface area contributed by atoms with E-state index in [0.717, 1.165) is 0 Å². The van der Waals surface area contributed by atoms with Crippen molar-refractivity contribution in [3.05, 3.63) is 28.7 Å². The molecular weight excluding hydrogens is 330 g/mol. The van der Waals surface area contributed by atoms with Crippen LogP contribution in [0.1, 0.15) is 6.92 Å². The van der Waals surface area contributed by atoms with Gasteiger partial charge in [-0.3, -0.25) is 4.79 Å². The fraction of sp³-hybridized carbons (Fsp3) is 0.385. The highest BCUT2D eigenvalue weighted by Crippen LogP contribution is 2.24. The maximum atomic E-state index is 11.9. The Morgan fingerprint density at radius 3 is 2.60 bits per heavy atom. The Labute approximate surface area is 125 Å². The number of carboxylic acid groups (broad SMARTS) is 1. The first-order chi connectivity index (χ1) is 9.45. The van der Waals surface area contributed by atoms with Gasteiger partial charge in [-0.05, 0) is 35.0 Å². The normalized spacial score (nSPS) is 13.3. The van der Waals surface area contributed by atoms with Crippen molar-refractivity contribution in [1.29, 1.82) is 0 Å². The average molecular weight is 346 g/mol. The minimum atomic E-state index is -1.16. The van der Waals surface area contributed by atoms with E-state index in [-0.39, 0.29) is 6.61 Å². The van der Waals surface area contributed by atoms with E-state index in [9.17, 15) is 9.59 Å². The quantitative estimate of drug-likeness (QED) is 0.780. The van der Waals surface area contributed by atoms with E-state index in [4.69, 9.17) is 14.6 Å². The Kier molecular flexibility index (Phi) is 6.47. The summed E-state index contributed by atoms with van der Waals surface area (Å²) in [5.74, 6) is -1.17. The summed E-state index contributed by atoms with van der Waals surface area (Å²) in [6, 6.07) is 5.98. The predicted octanol–water partition coefficient (Wildman–Crippen LogP) is 1.43. The zero-order chi connectivity index (χ0) is 15.1. The van der Waals surface area contributed by atoms with Crippen molar-refractivity contribution in [3.63, 3.8) is 0 Å². The van der Waals surface area contributed by atoms with Gasteiger partial charge in [-0.2, -0.15) is 0 Å². The van der Waals surface area contributed by atoms with Crippen LogP contribution in [0.15, 0.2) is 28.7 Å². The SMILES string of the molecule is COCC(NC(=O)C(C)Oc1ccccc1Br)C(=O)O. The van der Waals surface area contributed by atoms with E-state index in [1.165, 1.54) is 7.11 Å². The van der Waals surface area contributed by atoms with Crippen molar-refractivity contribution >= 4 is 27.8 Å². The van der Waals surface area contributed by atoms with E-state index < -0.39 is 24.0 Å². The van der Waals surface area contributed by atoms with Crippen molar-refractivity contribution in [2.75, 3.05) is 13.7 Å². The van der Waals surface area contributed by atoms with Crippen molar-refractivity contribution in [2.24, 2.45) is 0 Å². The molecule has 0 aromatic heterocycles. The van der Waals surface area contributed by atoms with Crippen LogP contribution in [0.4, 0.5) is 0 Å². The average Bonchev–Trinajstić information content (AvgIpc) is 2.40. The number of carboxylic acids is 1. The number of carbonyl (C=O) groups excluding carboxylic acids is 1. The van der Waals surface area contributed by atoms with E-state index in [2.05, 4.69) is 21.2 Å². The van der Waals surface area contributed by atoms with Crippen molar-refractivity contribution in [3.8, 4) is 5.75 Å². The second kappa shape index (κ2) is 7.86. The summed E-state index contributed by atoms with van der Waals surface area (Å²) in [6.45, 7) is 1.43. The molecule has 0 spiro atoms. The smallest absolute Gasteiger partial charge is 0.328 e. The Morgan fingerprint density at radius 1 is 1.40 bits per heavy atom. The van der Waals surface area contributed by atoms with Crippen molar-refractivity contribution in [1.82, 2.24) is 5.32 Å². The van der Waals surface area contributed by atoms with Gasteiger partial charge in [0.2, 0.25) is 0 Å². The number of benzene rings is 1. The summed E-state index contributed by atoms with van der Waals surface area (Å²) in [5.41, 5.74) is 0. The van der Waals surface area contributed by atoms with Crippen LogP contribution < -0.4 is 10.1 Å². The van der Waals surface area contributed by atoms with Crippen LogP contribution in [0, 0.1) is 0 Å². The molecule has 1 aromatic rings. The molecule has 0 saturated carbocycles. The molecule has 1 amide bonds. The van der Waals surface area contributed by atoms with E-state index in [0.29, 0.717) is 10.2 Å². The standard InChI is InChI=1S/C13H16BrNO5/c1-8(20-11-6-4-3-5-9(11)14)12(16)15-10(7-19-2)13(17)18/h3-6,8,10H,7H2,1-2H3,(H,15,16)(H,17,18). The van der Waals surface area contributed by atoms with Crippen LogP contribution in [0.3, 0.4) is 0 Å². The first-order valence-corrected chi connectivity index (χ1v) is 6.68. The number of hydrogen-bond acceptors (Lipinski definition) is 4. The number of amides is 1. The molecule has 2 atom stereocenters. The number of halogens is 1. The molecule has 0 radical (unpaired) electrons. The number of carbonyl (C=O) groups is 2. The van der Waals surface area contributed by atoms with Gasteiger partial charge in [0.25, 0.3) is 5.91 Å². The summed E-state index contributed by atoms with van der Waals surface area (Å²) in [4.78, 5) is 22.8. The fourth-order valence-electron chi connectivity index (χ4n) is 1.41. The zero-order valence-corrected chi connectivity index (χ0v) is 12.7. The van der Waals surface area contributed by atoms with Crippen molar-refractivity contribution < 1.29 is 24.2 Å². The minimum Gasteiger partial charge on any atom is -0.480 e. The molecule has 20 heavy (non-hydrogen) atoms. The third-order valence-corrected chi connectivity index (χ3v) is 3.11. The van der Waals surface area contributed by atoms with E-state index >= 15 is 0 Å². The van der Waals surface area contributed by atoms with Gasteiger partial charge in [0.1, 0.15) is 5.75 Å². The molecule has 0 saturated heterocycles. The summed E-state index contributed by atoms with van der Waals surface area (Å²) >= 11 is 3.30. The molecule has 0 fully saturated rings. The van der Waals surface area contributed by atoms with Gasteiger partial charge in [-0.15, -0.1) is 0 Å². The number of hydrogen-bond donors (Lipinski definition) is 2. The van der Waals surface area contributed by atoms with E-state index in [1.54, 1.807) is 25.1 Å². The molecule has 1 aromatic carbocycles. The summed E-state index contributed by atoms with van der Waals surface area (Å²) in [5, 5.41) is 11.3. The molecule has 2 N–H and O–H groups in total. The minimum absolute atomic E-state index is 0.108. The molecule has 1 rings (SSSR count). The van der Waals surface area contributed by atoms with Crippen LogP contribution in [-0.2, 0) is 14.3 Å². The highest BCUT2D eigenvalue weighted by Gasteiger charge is 2.24. The Bertz CT molecular complexity index is 480. The lowest BCUT2D eigenvalue weighted by Crippen LogP contribution is -2.48. The summed E-state index contributed by atoms with van der Waals surface area (Å²) < 4.78 is 10.9. The lowest BCUT2D eigenvalue weighted by Gasteiger charge is -2.18. The molecule has 0 aliphatic rings. The van der Waals surface area contributed by atoms with Gasteiger partial charge in [-0.1, -0.05) is 12.1 Å². The molecule has 6 nitrogen and oxygen atoms in total. The largest absolute Gasteiger partial charge is 0.480 e. The zero-order valence-electron chi connectivity index (χ0n) is 11.1. The third kappa shape index (κ3) is 4.82. The first-order valence-electron chi connectivity index (χ1n) is 5.89. The molecule has 0 aliphatic heterocycles. The molecular formula is C13H16BrNO5. The number of methoxy groups -OCH3 is 1. The Morgan fingerprint density at radius 2 is 2.05 bits per heavy atom. The van der Waals surface area contributed by atoms with Crippen LogP contribution in [-0.4, -0.2) is 42.8 Å². The van der Waals surface area contributed by atoms with E-state index in [1.807, 2.05) is 6.07 Å². The fourth-order valence-corrected chi connectivity index (χ4v) is 1.79. The van der Waals surface area contributed by atoms with Gasteiger partial charge in [0.15, 0.2) is 12.1 Å². The van der Waals surface area contributed by atoms with Crippen LogP contribution in [0.25, 0.3) is 0 Å². The topological polar surface area (TPSA) is 84.9 Å². The highest BCUT2D eigenvalue weighted by molar-refractivity contribution is 9.10. The number of rotatable bonds is 7. The maximum Gasteiger partial charge on any atom is 0.328 e. The molecule has 0 aliphatic carbocycles. The molecule has 2 unspecified atom stereocenters. The lowest BCUT2D eigenvalue weighted by molar-refractivity contribution is -0.144. The number of ether oxygens (including phenoxy) is 2. The first kappa shape index (κ1) is 16.5. The number of para-hydroxylation sites is 1. The van der Waals surface area contributed by atoms with Gasteiger partial charge in [0, 0.05) is 7.11 Å². The van der Waals surface area contributed by atoms with Gasteiger partial charge >= 0.3 is 5.97 Å². The Hall–Kier alpha value is -1.60. The van der Waals surface area contributed by atoms with Gasteiger partial charge in [-0.25, -0.2) is 4.79 Å². The molecule has 110 valence electrons. The number of nitrogens with one attached hydrogen (secondary N) is 1. The molecule has 0 heterocycles. The van der Waals surface area contributed by atoms with Crippen LogP contribution in [0.5, 0.6) is 5.75 Å². The summed E-state index contributed by atoms with van der Waals surface area (Å²) in [7, 11) is 1.36. The lowest BCUT2D eigenvalue weighted by atomic mass is 10.2. The Balaban J connectivity index is 2.63. The molecule has 7 heteroatoms. The van der Waals surface area contributed by atoms with Crippen LogP contribution in [0.2, 0.25) is 0 Å². The summed E-state index contributed by atoms with van der Waals surface area (Å²) in [6.07, 6.45) is -0.826. The predicted molar refractivity (Wildman–Crippen MR) is 75.7 cm³/mol. The third-order valence-electron chi connectivity index (χ3n) is 2.46. The van der Waals surface area contributed by atoms with Gasteiger partial charge in [0.05, 0.1) is 11.1 Å². The molecule has 0 bridgehead atoms. The monoisotopic (exact) mass is 345 g/mol. The second-order valence-corrected chi connectivity index (χ2v) is 4.90. The number of aliphatic carboxylic acids is 1.